The van der Waals surface area contributed by atoms with Gasteiger partial charge in [0, 0.05) is 11.6 Å². The van der Waals surface area contributed by atoms with Gasteiger partial charge in [-0.3, -0.25) is 0 Å². The van der Waals surface area contributed by atoms with Crippen LogP contribution < -0.4 is 9.88 Å². The van der Waals surface area contributed by atoms with Gasteiger partial charge >= 0.3 is 0 Å². The minimum atomic E-state index is -3.75. The Morgan fingerprint density at radius 2 is 1.94 bits per heavy atom. The minimum absolute atomic E-state index is 0.123. The molecule has 98 valence electrons. The van der Waals surface area contributed by atoms with E-state index < -0.39 is 27.4 Å². The zero-order chi connectivity index (χ0) is 13.5. The number of primary sulfonamides is 1. The lowest BCUT2D eigenvalue weighted by Crippen LogP contribution is -2.21. The summed E-state index contributed by atoms with van der Waals surface area (Å²) in [6, 6.07) is 1.83. The molecule has 0 spiro atoms. The number of rotatable bonds is 2. The van der Waals surface area contributed by atoms with Crippen LogP contribution in [-0.4, -0.2) is 20.8 Å². The van der Waals surface area contributed by atoms with E-state index in [0.717, 1.165) is 12.1 Å². The van der Waals surface area contributed by atoms with E-state index >= 15 is 0 Å². The molecule has 0 saturated heterocycles. The highest BCUT2D eigenvalue weighted by Gasteiger charge is 2.23. The van der Waals surface area contributed by atoms with Gasteiger partial charge in [-0.1, -0.05) is 0 Å². The zero-order valence-corrected chi connectivity index (χ0v) is 10.4. The third-order valence-electron chi connectivity index (χ3n) is 2.65. The van der Waals surface area contributed by atoms with Crippen molar-refractivity contribution in [3.05, 3.63) is 34.9 Å². The first kappa shape index (κ1) is 13.0. The molecule has 0 atom stereocenters. The van der Waals surface area contributed by atoms with Gasteiger partial charge in [-0.15, -0.1) is 0 Å². The molecular formula is C11H11F2NO3S. The Kier molecular flexibility index (Phi) is 3.12. The van der Waals surface area contributed by atoms with Crippen LogP contribution in [0.2, 0.25) is 0 Å². The summed E-state index contributed by atoms with van der Waals surface area (Å²) in [7, 11) is -3.75. The summed E-state index contributed by atoms with van der Waals surface area (Å²) in [5.74, 6) is -2.40. The van der Waals surface area contributed by atoms with Crippen LogP contribution in [-0.2, 0) is 10.0 Å². The molecule has 0 aliphatic carbocycles. The van der Waals surface area contributed by atoms with Crippen molar-refractivity contribution in [1.29, 1.82) is 0 Å². The highest BCUT2D eigenvalue weighted by molar-refractivity contribution is 7.89. The summed E-state index contributed by atoms with van der Waals surface area (Å²) in [6.07, 6.45) is 0. The van der Waals surface area contributed by atoms with E-state index in [4.69, 9.17) is 9.88 Å². The monoisotopic (exact) mass is 275 g/mol. The van der Waals surface area contributed by atoms with Crippen LogP contribution in [0, 0.1) is 11.6 Å². The molecule has 0 amide bonds. The average Bonchev–Trinajstić information content (AvgIpc) is 2.24. The van der Waals surface area contributed by atoms with Crippen LogP contribution in [0.3, 0.4) is 0 Å². The molecule has 0 bridgehead atoms. The van der Waals surface area contributed by atoms with Gasteiger partial charge in [0.15, 0.2) is 11.6 Å². The Morgan fingerprint density at radius 1 is 1.33 bits per heavy atom. The van der Waals surface area contributed by atoms with E-state index in [1.807, 2.05) is 0 Å². The van der Waals surface area contributed by atoms with Crippen LogP contribution in [0.1, 0.15) is 12.5 Å². The second-order valence-electron chi connectivity index (χ2n) is 4.12. The number of hydrogen-bond acceptors (Lipinski definition) is 3. The molecule has 0 radical (unpaired) electrons. The lowest BCUT2D eigenvalue weighted by Gasteiger charge is -2.22. The average molecular weight is 275 g/mol. The molecule has 1 aliphatic rings. The van der Waals surface area contributed by atoms with E-state index in [0.29, 0.717) is 11.1 Å². The van der Waals surface area contributed by atoms with E-state index in [-0.39, 0.29) is 17.9 Å². The van der Waals surface area contributed by atoms with Crippen molar-refractivity contribution < 1.29 is 21.9 Å². The van der Waals surface area contributed by atoms with E-state index in [1.165, 1.54) is 0 Å². The number of hydrogen-bond donors (Lipinski definition) is 1. The summed E-state index contributed by atoms with van der Waals surface area (Å²) >= 11 is 0. The molecule has 2 N–H and O–H groups in total. The lowest BCUT2D eigenvalue weighted by molar-refractivity contribution is 0.341. The van der Waals surface area contributed by atoms with Gasteiger partial charge in [-0.25, -0.2) is 22.3 Å². The van der Waals surface area contributed by atoms with Crippen molar-refractivity contribution in [2.45, 2.75) is 6.92 Å². The highest BCUT2D eigenvalue weighted by Crippen LogP contribution is 2.35. The summed E-state index contributed by atoms with van der Waals surface area (Å²) in [5.41, 5.74) is 1.21. The number of fused-ring (bicyclic) bond motifs is 1. The molecular weight excluding hydrogens is 264 g/mol. The maximum atomic E-state index is 13.2. The lowest BCUT2D eigenvalue weighted by atomic mass is 9.99. The van der Waals surface area contributed by atoms with E-state index in [9.17, 15) is 17.2 Å². The SMILES string of the molecule is CC1=C(CS(N)(=O)=O)c2cc(F)c(F)cc2OC1. The molecule has 1 aromatic rings. The quantitative estimate of drug-likeness (QED) is 0.887. The largest absolute Gasteiger partial charge is 0.488 e. The Bertz CT molecular complexity index is 638. The van der Waals surface area contributed by atoms with Crippen molar-refractivity contribution in [3.63, 3.8) is 0 Å². The van der Waals surface area contributed by atoms with Crippen LogP contribution in [0.25, 0.3) is 5.57 Å². The van der Waals surface area contributed by atoms with Crippen molar-refractivity contribution in [2.75, 3.05) is 12.4 Å². The van der Waals surface area contributed by atoms with Crippen LogP contribution in [0.15, 0.2) is 17.7 Å². The zero-order valence-electron chi connectivity index (χ0n) is 9.54. The maximum absolute atomic E-state index is 13.2. The van der Waals surface area contributed by atoms with E-state index in [2.05, 4.69) is 0 Å². The van der Waals surface area contributed by atoms with Gasteiger partial charge in [-0.2, -0.15) is 0 Å². The second kappa shape index (κ2) is 4.33. The first-order chi connectivity index (χ1) is 8.28. The Hall–Kier alpha value is -1.47. The van der Waals surface area contributed by atoms with Gasteiger partial charge in [0.05, 0.1) is 5.75 Å². The minimum Gasteiger partial charge on any atom is -0.488 e. The molecule has 0 unspecified atom stereocenters. The molecule has 1 heterocycles. The van der Waals surface area contributed by atoms with Crippen molar-refractivity contribution in [3.8, 4) is 5.75 Å². The third-order valence-corrected chi connectivity index (χ3v) is 3.34. The summed E-state index contributed by atoms with van der Waals surface area (Å²) in [5, 5.41) is 4.98. The van der Waals surface area contributed by atoms with Gasteiger partial charge in [0.2, 0.25) is 10.0 Å². The smallest absolute Gasteiger partial charge is 0.213 e. The van der Waals surface area contributed by atoms with Crippen molar-refractivity contribution in [2.24, 2.45) is 5.14 Å². The fraction of sp³-hybridized carbons (Fsp3) is 0.273. The predicted octanol–water partition coefficient (Wildman–Crippen LogP) is 1.42. The van der Waals surface area contributed by atoms with E-state index in [1.54, 1.807) is 6.92 Å². The van der Waals surface area contributed by atoms with Crippen LogP contribution >= 0.6 is 0 Å². The highest BCUT2D eigenvalue weighted by atomic mass is 32.2. The summed E-state index contributed by atoms with van der Waals surface area (Å²) in [6.45, 7) is 1.79. The Balaban J connectivity index is 2.57. The topological polar surface area (TPSA) is 69.4 Å². The van der Waals surface area contributed by atoms with Crippen molar-refractivity contribution >= 4 is 15.6 Å². The molecule has 1 aromatic carbocycles. The molecule has 7 heteroatoms. The van der Waals surface area contributed by atoms with Gasteiger partial charge in [0.25, 0.3) is 0 Å². The molecule has 0 saturated carbocycles. The van der Waals surface area contributed by atoms with Crippen LogP contribution in [0.4, 0.5) is 8.78 Å². The fourth-order valence-electron chi connectivity index (χ4n) is 1.79. The van der Waals surface area contributed by atoms with Gasteiger partial charge < -0.3 is 4.74 Å². The summed E-state index contributed by atoms with van der Waals surface area (Å²) in [4.78, 5) is 0. The third kappa shape index (κ3) is 2.51. The van der Waals surface area contributed by atoms with Gasteiger partial charge in [-0.05, 0) is 24.1 Å². The Labute approximate surface area is 103 Å². The molecule has 1 aliphatic heterocycles. The maximum Gasteiger partial charge on any atom is 0.213 e. The molecule has 0 aromatic heterocycles. The Morgan fingerprint density at radius 3 is 2.56 bits per heavy atom. The number of ether oxygens (including phenoxy) is 1. The fourth-order valence-corrected chi connectivity index (χ4v) is 2.59. The predicted molar refractivity (Wildman–Crippen MR) is 62.4 cm³/mol. The first-order valence-corrected chi connectivity index (χ1v) is 6.81. The molecule has 18 heavy (non-hydrogen) atoms. The number of sulfonamides is 1. The molecule has 2 rings (SSSR count). The van der Waals surface area contributed by atoms with Gasteiger partial charge in [0.1, 0.15) is 12.4 Å². The molecule has 4 nitrogen and oxygen atoms in total. The standard InChI is InChI=1S/C11H11F2NO3S/c1-6-4-17-11-3-10(13)9(12)2-7(11)8(6)5-18(14,15)16/h2-3H,4-5H2,1H3,(H2,14,15,16). The first-order valence-electron chi connectivity index (χ1n) is 5.09. The molecule has 0 fully saturated rings. The van der Waals surface area contributed by atoms with Crippen LogP contribution in [0.5, 0.6) is 5.75 Å². The number of halogens is 2. The summed E-state index contributed by atoms with van der Waals surface area (Å²) < 4.78 is 53.8. The number of benzene rings is 1. The second-order valence-corrected chi connectivity index (χ2v) is 5.73. The normalized spacial score (nSPS) is 15.3. The number of nitrogens with two attached hydrogens (primary N) is 1. The van der Waals surface area contributed by atoms with Crippen molar-refractivity contribution in [1.82, 2.24) is 0 Å².